The van der Waals surface area contributed by atoms with Gasteiger partial charge in [-0.2, -0.15) is 5.26 Å². The first-order valence-corrected chi connectivity index (χ1v) is 9.23. The van der Waals surface area contributed by atoms with Crippen LogP contribution in [-0.2, 0) is 11.2 Å². The Bertz CT molecular complexity index is 676. The topological polar surface area (TPSA) is 77.3 Å². The van der Waals surface area contributed by atoms with Crippen LogP contribution in [0.4, 0.5) is 0 Å². The Morgan fingerprint density at radius 2 is 2.24 bits per heavy atom. The lowest BCUT2D eigenvalue weighted by Gasteiger charge is -2.28. The monoisotopic (exact) mass is 358 g/mol. The maximum atomic E-state index is 12.3. The molecule has 0 aromatic heterocycles. The highest BCUT2D eigenvalue weighted by Crippen LogP contribution is 2.21. The molecule has 6 heteroatoms. The van der Waals surface area contributed by atoms with Crippen LogP contribution < -0.4 is 10.6 Å². The van der Waals surface area contributed by atoms with Crippen molar-refractivity contribution in [1.82, 2.24) is 10.6 Å². The van der Waals surface area contributed by atoms with E-state index < -0.39 is 0 Å². The summed E-state index contributed by atoms with van der Waals surface area (Å²) in [4.78, 5) is 16.9. The highest BCUT2D eigenvalue weighted by atomic mass is 35.5. The third-order valence-corrected chi connectivity index (χ3v) is 5.16. The number of rotatable bonds is 4. The number of nitrogens with zero attached hydrogens (tertiary/aromatic N) is 2. The highest BCUT2D eigenvalue weighted by molar-refractivity contribution is 6.30. The molecule has 0 radical (unpaired) electrons. The number of hydrogen-bond acceptors (Lipinski definition) is 4. The van der Waals surface area contributed by atoms with Crippen molar-refractivity contribution in [3.63, 3.8) is 0 Å². The number of piperidine rings is 1. The summed E-state index contributed by atoms with van der Waals surface area (Å²) in [7, 11) is 0. The number of carbonyl (C=O) groups excluding carboxylic acids is 1. The fraction of sp³-hybridized carbons (Fsp3) is 0.526. The summed E-state index contributed by atoms with van der Waals surface area (Å²) in [6, 6.07) is 10.00. The van der Waals surface area contributed by atoms with E-state index in [1.165, 1.54) is 5.56 Å². The van der Waals surface area contributed by atoms with Crippen LogP contribution in [0.5, 0.6) is 0 Å². The Kier molecular flexibility index (Phi) is 6.06. The summed E-state index contributed by atoms with van der Waals surface area (Å²) < 4.78 is 0. The van der Waals surface area contributed by atoms with Gasteiger partial charge in [-0.3, -0.25) is 9.79 Å². The van der Waals surface area contributed by atoms with Crippen LogP contribution in [0.1, 0.15) is 31.2 Å². The van der Waals surface area contributed by atoms with E-state index in [0.29, 0.717) is 12.5 Å². The fourth-order valence-corrected chi connectivity index (χ4v) is 3.66. The van der Waals surface area contributed by atoms with Crippen molar-refractivity contribution in [2.45, 2.75) is 44.3 Å². The van der Waals surface area contributed by atoms with Gasteiger partial charge < -0.3 is 10.6 Å². The molecule has 0 aliphatic carbocycles. The van der Waals surface area contributed by atoms with Gasteiger partial charge in [0.1, 0.15) is 6.17 Å². The number of benzene rings is 1. The van der Waals surface area contributed by atoms with Gasteiger partial charge in [-0.1, -0.05) is 23.7 Å². The molecule has 25 heavy (non-hydrogen) atoms. The third-order valence-electron chi connectivity index (χ3n) is 4.92. The van der Waals surface area contributed by atoms with Gasteiger partial charge in [0.2, 0.25) is 5.91 Å². The number of aliphatic imine (C=N–C) groups is 1. The molecule has 1 saturated heterocycles. The molecule has 2 aliphatic rings. The largest absolute Gasteiger partial charge is 0.334 e. The first kappa shape index (κ1) is 17.9. The second kappa shape index (κ2) is 8.46. The zero-order valence-electron chi connectivity index (χ0n) is 14.1. The van der Waals surface area contributed by atoms with Crippen molar-refractivity contribution < 1.29 is 4.79 Å². The van der Waals surface area contributed by atoms with Crippen LogP contribution >= 0.6 is 11.6 Å². The van der Waals surface area contributed by atoms with Gasteiger partial charge in [0.15, 0.2) is 0 Å². The predicted octanol–water partition coefficient (Wildman–Crippen LogP) is 2.70. The van der Waals surface area contributed by atoms with Gasteiger partial charge in [-0.05, 0) is 55.7 Å². The average molecular weight is 359 g/mol. The summed E-state index contributed by atoms with van der Waals surface area (Å²) in [5.74, 6) is 0.364. The lowest BCUT2D eigenvalue weighted by Crippen LogP contribution is -2.47. The van der Waals surface area contributed by atoms with E-state index in [1.807, 2.05) is 24.4 Å². The molecule has 4 atom stereocenters. The first-order chi connectivity index (χ1) is 12.1. The second-order valence-electron chi connectivity index (χ2n) is 6.86. The van der Waals surface area contributed by atoms with Crippen molar-refractivity contribution in [2.24, 2.45) is 16.8 Å². The Hall–Kier alpha value is -1.90. The molecule has 132 valence electrons. The van der Waals surface area contributed by atoms with Crippen LogP contribution in [0.25, 0.3) is 0 Å². The quantitative estimate of drug-likeness (QED) is 0.868. The summed E-state index contributed by atoms with van der Waals surface area (Å²) >= 11 is 6.03. The maximum absolute atomic E-state index is 12.3. The predicted molar refractivity (Wildman–Crippen MR) is 98.4 cm³/mol. The van der Waals surface area contributed by atoms with E-state index in [0.717, 1.165) is 37.1 Å². The van der Waals surface area contributed by atoms with Gasteiger partial charge >= 0.3 is 0 Å². The SMILES string of the molecule is N#CC1CCC(C(=O)NC2CCC(Cc3cccc(Cl)c3)C=N2)CN1. The van der Waals surface area contributed by atoms with Gasteiger partial charge in [0.25, 0.3) is 0 Å². The molecule has 1 aromatic rings. The molecule has 1 fully saturated rings. The van der Waals surface area contributed by atoms with Crippen molar-refractivity contribution >= 4 is 23.7 Å². The van der Waals surface area contributed by atoms with E-state index >= 15 is 0 Å². The van der Waals surface area contributed by atoms with Gasteiger partial charge in [-0.15, -0.1) is 0 Å². The number of amides is 1. The molecule has 2 N–H and O–H groups in total. The van der Waals surface area contributed by atoms with E-state index in [9.17, 15) is 4.79 Å². The van der Waals surface area contributed by atoms with Crippen molar-refractivity contribution in [2.75, 3.05) is 6.54 Å². The standard InChI is InChI=1S/C19H23ClN4O/c20-16-3-1-2-13(9-16)8-14-4-7-18(23-11-14)24-19(25)15-5-6-17(10-21)22-12-15/h1-3,9,11,14-15,17-18,22H,4-8,12H2,(H,24,25). The van der Waals surface area contributed by atoms with Crippen LogP contribution in [-0.4, -0.2) is 30.9 Å². The first-order valence-electron chi connectivity index (χ1n) is 8.85. The van der Waals surface area contributed by atoms with Crippen LogP contribution in [0, 0.1) is 23.2 Å². The van der Waals surface area contributed by atoms with Crippen molar-refractivity contribution in [3.8, 4) is 6.07 Å². The summed E-state index contributed by atoms with van der Waals surface area (Å²) in [6.45, 7) is 0.567. The molecule has 0 saturated carbocycles. The lowest BCUT2D eigenvalue weighted by atomic mass is 9.92. The van der Waals surface area contributed by atoms with E-state index in [4.69, 9.17) is 16.9 Å². The van der Waals surface area contributed by atoms with Crippen LogP contribution in [0.3, 0.4) is 0 Å². The number of nitrogens with one attached hydrogen (secondary N) is 2. The third kappa shape index (κ3) is 5.04. The fourth-order valence-electron chi connectivity index (χ4n) is 3.45. The average Bonchev–Trinajstić information content (AvgIpc) is 2.63. The van der Waals surface area contributed by atoms with Crippen LogP contribution in [0.15, 0.2) is 29.3 Å². The zero-order chi connectivity index (χ0) is 17.6. The Balaban J connectivity index is 1.46. The highest BCUT2D eigenvalue weighted by Gasteiger charge is 2.27. The summed E-state index contributed by atoms with van der Waals surface area (Å²) in [6.07, 6.45) is 6.11. The molecule has 1 amide bonds. The van der Waals surface area contributed by atoms with Gasteiger partial charge in [0.05, 0.1) is 18.0 Å². The zero-order valence-corrected chi connectivity index (χ0v) is 14.9. The number of carbonyl (C=O) groups is 1. The minimum Gasteiger partial charge on any atom is -0.334 e. The Morgan fingerprint density at radius 1 is 1.36 bits per heavy atom. The normalized spacial score (nSPS) is 29.0. The molecular weight excluding hydrogens is 336 g/mol. The molecule has 4 unspecified atom stereocenters. The molecule has 2 heterocycles. The summed E-state index contributed by atoms with van der Waals surface area (Å²) in [5, 5.41) is 15.8. The van der Waals surface area contributed by atoms with Crippen molar-refractivity contribution in [3.05, 3.63) is 34.9 Å². The lowest BCUT2D eigenvalue weighted by molar-refractivity contribution is -0.126. The number of halogens is 1. The number of hydrogen-bond donors (Lipinski definition) is 2. The second-order valence-corrected chi connectivity index (χ2v) is 7.29. The van der Waals surface area contributed by atoms with Gasteiger partial charge in [0, 0.05) is 17.8 Å². The molecule has 1 aromatic carbocycles. The Morgan fingerprint density at radius 3 is 2.88 bits per heavy atom. The van der Waals surface area contributed by atoms with E-state index in [2.05, 4.69) is 27.8 Å². The smallest absolute Gasteiger partial charge is 0.226 e. The molecule has 0 bridgehead atoms. The maximum Gasteiger partial charge on any atom is 0.226 e. The van der Waals surface area contributed by atoms with Crippen LogP contribution in [0.2, 0.25) is 5.02 Å². The summed E-state index contributed by atoms with van der Waals surface area (Å²) in [5.41, 5.74) is 1.21. The molecule has 0 spiro atoms. The molecule has 3 rings (SSSR count). The minimum absolute atomic E-state index is 0.0410. The minimum atomic E-state index is -0.128. The van der Waals surface area contributed by atoms with E-state index in [1.54, 1.807) is 0 Å². The molecule has 2 aliphatic heterocycles. The molecule has 5 nitrogen and oxygen atoms in total. The van der Waals surface area contributed by atoms with Crippen molar-refractivity contribution in [1.29, 1.82) is 5.26 Å². The van der Waals surface area contributed by atoms with Gasteiger partial charge in [-0.25, -0.2) is 0 Å². The Labute approximate surface area is 153 Å². The number of nitriles is 1. The molecular formula is C19H23ClN4O. The van der Waals surface area contributed by atoms with E-state index in [-0.39, 0.29) is 24.0 Å².